The number of carbonyl (C=O) groups excluding carboxylic acids is 2. The lowest BCUT2D eigenvalue weighted by atomic mass is 10.2. The molecule has 1 N–H and O–H groups in total. The summed E-state index contributed by atoms with van der Waals surface area (Å²) in [6, 6.07) is 5.60. The first kappa shape index (κ1) is 16.9. The molecule has 0 saturated carbocycles. The molecule has 0 radical (unpaired) electrons. The number of aromatic nitrogens is 1. The van der Waals surface area contributed by atoms with Crippen molar-refractivity contribution < 1.29 is 9.59 Å². The van der Waals surface area contributed by atoms with E-state index < -0.39 is 0 Å². The molecule has 2 heterocycles. The molecule has 0 spiro atoms. The number of hydrogen-bond donors (Lipinski definition) is 1. The zero-order chi connectivity index (χ0) is 17.3. The number of benzene rings is 1. The SMILES string of the molecule is CC(C)C(=O)Nc1nc(CC(=O)N2CCc3cc(Cl)ccc32)cs1. The maximum atomic E-state index is 12.6. The molecular weight excluding hydrogens is 346 g/mol. The Hall–Kier alpha value is -1.92. The maximum absolute atomic E-state index is 12.6. The van der Waals surface area contributed by atoms with Gasteiger partial charge >= 0.3 is 0 Å². The molecule has 1 aliphatic rings. The first-order valence-corrected chi connectivity index (χ1v) is 9.04. The van der Waals surface area contributed by atoms with Gasteiger partial charge in [-0.15, -0.1) is 11.3 Å². The van der Waals surface area contributed by atoms with E-state index >= 15 is 0 Å². The number of nitrogens with one attached hydrogen (secondary N) is 1. The minimum atomic E-state index is -0.105. The molecule has 3 rings (SSSR count). The minimum Gasteiger partial charge on any atom is -0.311 e. The van der Waals surface area contributed by atoms with Gasteiger partial charge in [0.2, 0.25) is 11.8 Å². The highest BCUT2D eigenvalue weighted by molar-refractivity contribution is 7.13. The van der Waals surface area contributed by atoms with Gasteiger partial charge in [-0.1, -0.05) is 25.4 Å². The number of amides is 2. The summed E-state index contributed by atoms with van der Waals surface area (Å²) in [6.45, 7) is 4.31. The molecule has 0 saturated heterocycles. The average molecular weight is 364 g/mol. The predicted molar refractivity (Wildman–Crippen MR) is 96.8 cm³/mol. The van der Waals surface area contributed by atoms with E-state index in [9.17, 15) is 9.59 Å². The van der Waals surface area contributed by atoms with Crippen molar-refractivity contribution in [2.75, 3.05) is 16.8 Å². The molecule has 1 aromatic carbocycles. The Morgan fingerprint density at radius 1 is 1.42 bits per heavy atom. The van der Waals surface area contributed by atoms with Crippen LogP contribution in [0.4, 0.5) is 10.8 Å². The van der Waals surface area contributed by atoms with Gasteiger partial charge in [0.25, 0.3) is 0 Å². The van der Waals surface area contributed by atoms with E-state index in [-0.39, 0.29) is 24.2 Å². The molecule has 1 aromatic heterocycles. The van der Waals surface area contributed by atoms with Gasteiger partial charge in [0.05, 0.1) is 12.1 Å². The van der Waals surface area contributed by atoms with Crippen LogP contribution in [0, 0.1) is 5.92 Å². The lowest BCUT2D eigenvalue weighted by molar-refractivity contribution is -0.119. The normalized spacial score (nSPS) is 13.2. The molecule has 126 valence electrons. The standard InChI is InChI=1S/C17H18ClN3O2S/c1-10(2)16(23)20-17-19-13(9-24-17)8-15(22)21-6-5-11-7-12(18)3-4-14(11)21/h3-4,7,9-10H,5-6,8H2,1-2H3,(H,19,20,23). The van der Waals surface area contributed by atoms with E-state index in [0.29, 0.717) is 22.4 Å². The highest BCUT2D eigenvalue weighted by atomic mass is 35.5. The topological polar surface area (TPSA) is 62.3 Å². The van der Waals surface area contributed by atoms with Gasteiger partial charge in [-0.3, -0.25) is 9.59 Å². The van der Waals surface area contributed by atoms with Crippen molar-refractivity contribution in [3.8, 4) is 0 Å². The fraction of sp³-hybridized carbons (Fsp3) is 0.353. The summed E-state index contributed by atoms with van der Waals surface area (Å²) in [6.07, 6.45) is 1.03. The van der Waals surface area contributed by atoms with Crippen LogP contribution in [0.25, 0.3) is 0 Å². The molecule has 5 nitrogen and oxygen atoms in total. The number of anilines is 2. The minimum absolute atomic E-state index is 0.00288. The highest BCUT2D eigenvalue weighted by Crippen LogP contribution is 2.31. The van der Waals surface area contributed by atoms with Crippen molar-refractivity contribution in [3.63, 3.8) is 0 Å². The Morgan fingerprint density at radius 2 is 2.21 bits per heavy atom. The Labute approximate surface area is 149 Å². The molecule has 0 unspecified atom stereocenters. The third-order valence-corrected chi connectivity index (χ3v) is 4.92. The van der Waals surface area contributed by atoms with Crippen molar-refractivity contribution in [1.29, 1.82) is 0 Å². The third-order valence-electron chi connectivity index (χ3n) is 3.88. The van der Waals surface area contributed by atoms with Crippen molar-refractivity contribution in [1.82, 2.24) is 4.98 Å². The molecule has 0 bridgehead atoms. The Bertz CT molecular complexity index is 788. The Kier molecular flexibility index (Phi) is 4.87. The fourth-order valence-corrected chi connectivity index (χ4v) is 3.48. The van der Waals surface area contributed by atoms with Crippen LogP contribution in [-0.2, 0) is 22.4 Å². The summed E-state index contributed by atoms with van der Waals surface area (Å²) >= 11 is 7.34. The number of fused-ring (bicyclic) bond motifs is 1. The van der Waals surface area contributed by atoms with Crippen molar-refractivity contribution in [2.45, 2.75) is 26.7 Å². The van der Waals surface area contributed by atoms with Crippen LogP contribution in [-0.4, -0.2) is 23.3 Å². The van der Waals surface area contributed by atoms with Gasteiger partial charge in [0.1, 0.15) is 0 Å². The first-order valence-electron chi connectivity index (χ1n) is 7.78. The number of thiazole rings is 1. The zero-order valence-corrected chi connectivity index (χ0v) is 15.1. The van der Waals surface area contributed by atoms with Crippen LogP contribution in [0.2, 0.25) is 5.02 Å². The summed E-state index contributed by atoms with van der Waals surface area (Å²) in [5.41, 5.74) is 2.69. The van der Waals surface area contributed by atoms with Crippen LogP contribution >= 0.6 is 22.9 Å². The second kappa shape index (κ2) is 6.91. The van der Waals surface area contributed by atoms with E-state index in [2.05, 4.69) is 10.3 Å². The molecule has 7 heteroatoms. The molecule has 2 aromatic rings. The van der Waals surface area contributed by atoms with Crippen molar-refractivity contribution >= 4 is 45.6 Å². The summed E-state index contributed by atoms with van der Waals surface area (Å²) in [7, 11) is 0. The van der Waals surface area contributed by atoms with Gasteiger partial charge in [0.15, 0.2) is 5.13 Å². The number of halogens is 1. The van der Waals surface area contributed by atoms with Gasteiger partial charge < -0.3 is 10.2 Å². The largest absolute Gasteiger partial charge is 0.311 e. The second-order valence-corrected chi connectivity index (χ2v) is 7.33. The van der Waals surface area contributed by atoms with E-state index in [4.69, 9.17) is 11.6 Å². The summed E-state index contributed by atoms with van der Waals surface area (Å²) in [4.78, 5) is 30.4. The maximum Gasteiger partial charge on any atom is 0.233 e. The molecule has 24 heavy (non-hydrogen) atoms. The van der Waals surface area contributed by atoms with Crippen molar-refractivity contribution in [3.05, 3.63) is 39.9 Å². The number of hydrogen-bond acceptors (Lipinski definition) is 4. The van der Waals surface area contributed by atoms with Crippen LogP contribution in [0.5, 0.6) is 0 Å². The lowest BCUT2D eigenvalue weighted by Gasteiger charge is -2.16. The van der Waals surface area contributed by atoms with E-state index in [1.54, 1.807) is 11.0 Å². The average Bonchev–Trinajstić information content (AvgIpc) is 3.13. The van der Waals surface area contributed by atoms with Crippen LogP contribution in [0.3, 0.4) is 0 Å². The molecule has 1 aliphatic heterocycles. The third kappa shape index (κ3) is 3.60. The predicted octanol–water partition coefficient (Wildman–Crippen LogP) is 3.52. The molecule has 2 amide bonds. The fourth-order valence-electron chi connectivity index (χ4n) is 2.58. The first-order chi connectivity index (χ1) is 11.4. The molecule has 0 fully saturated rings. The Balaban J connectivity index is 1.66. The van der Waals surface area contributed by atoms with Gasteiger partial charge in [-0.25, -0.2) is 4.98 Å². The second-order valence-electron chi connectivity index (χ2n) is 6.03. The van der Waals surface area contributed by atoms with Crippen molar-refractivity contribution in [2.24, 2.45) is 5.92 Å². The number of nitrogens with zero attached hydrogens (tertiary/aromatic N) is 2. The molecule has 0 aliphatic carbocycles. The molecular formula is C17H18ClN3O2S. The lowest BCUT2D eigenvalue weighted by Crippen LogP contribution is -2.30. The zero-order valence-electron chi connectivity index (χ0n) is 13.5. The smallest absolute Gasteiger partial charge is 0.233 e. The van der Waals surface area contributed by atoms with E-state index in [1.165, 1.54) is 11.3 Å². The monoisotopic (exact) mass is 363 g/mol. The summed E-state index contributed by atoms with van der Waals surface area (Å²) in [5, 5.41) is 5.79. The van der Waals surface area contributed by atoms with E-state index in [0.717, 1.165) is 17.7 Å². The van der Waals surface area contributed by atoms with Gasteiger partial charge in [-0.05, 0) is 30.2 Å². The quantitative estimate of drug-likeness (QED) is 0.903. The number of rotatable bonds is 4. The summed E-state index contributed by atoms with van der Waals surface area (Å²) in [5.74, 6) is -0.178. The highest BCUT2D eigenvalue weighted by Gasteiger charge is 2.25. The van der Waals surface area contributed by atoms with Crippen LogP contribution in [0.15, 0.2) is 23.6 Å². The molecule has 0 atom stereocenters. The Morgan fingerprint density at radius 3 is 2.96 bits per heavy atom. The summed E-state index contributed by atoms with van der Waals surface area (Å²) < 4.78 is 0. The van der Waals surface area contributed by atoms with Crippen LogP contribution < -0.4 is 10.2 Å². The number of carbonyl (C=O) groups is 2. The van der Waals surface area contributed by atoms with Gasteiger partial charge in [0, 0.05) is 28.6 Å². The van der Waals surface area contributed by atoms with Crippen LogP contribution in [0.1, 0.15) is 25.1 Å². The van der Waals surface area contributed by atoms with Gasteiger partial charge in [-0.2, -0.15) is 0 Å². The van der Waals surface area contributed by atoms with E-state index in [1.807, 2.05) is 31.4 Å².